The third-order valence-electron chi connectivity index (χ3n) is 4.61. The van der Waals surface area contributed by atoms with Gasteiger partial charge in [0, 0.05) is 33.7 Å². The summed E-state index contributed by atoms with van der Waals surface area (Å²) in [5, 5.41) is 8.82. The summed E-state index contributed by atoms with van der Waals surface area (Å²) in [6.45, 7) is 4.13. The first kappa shape index (κ1) is 23.0. The lowest BCUT2D eigenvalue weighted by Crippen LogP contribution is -2.39. The van der Waals surface area contributed by atoms with Gasteiger partial charge in [-0.05, 0) is 42.7 Å². The van der Waals surface area contributed by atoms with Crippen LogP contribution in [0.25, 0.3) is 10.8 Å². The molecular weight excluding hydrogens is 388 g/mol. The molecule has 0 radical (unpaired) electrons. The highest BCUT2D eigenvalue weighted by molar-refractivity contribution is 7.89. The fraction of sp³-hybridized carbons (Fsp3) is 0.476. The van der Waals surface area contributed by atoms with Crippen LogP contribution in [0.3, 0.4) is 0 Å². The second-order valence-corrected chi connectivity index (χ2v) is 9.08. The number of sulfonamides is 1. The fourth-order valence-electron chi connectivity index (χ4n) is 2.81. The maximum Gasteiger partial charge on any atom is 0.213 e. The SMILES string of the molecule is CCS(=O)(=O)N(C)CCCNC(=NC)NCCCOc1ccc2ccccc2c1. The first-order chi connectivity index (χ1) is 14.0. The van der Waals surface area contributed by atoms with E-state index in [1.165, 1.54) is 15.1 Å². The van der Waals surface area contributed by atoms with E-state index in [1.807, 2.05) is 18.2 Å². The Morgan fingerprint density at radius 2 is 1.76 bits per heavy atom. The van der Waals surface area contributed by atoms with Crippen LogP contribution in [0.15, 0.2) is 47.5 Å². The standard InChI is InChI=1S/C21H32N4O3S/c1-4-29(26,27)25(3)15-7-13-23-21(22-2)24-14-8-16-28-20-12-11-18-9-5-6-10-19(18)17-20/h5-6,9-12,17H,4,7-8,13-16H2,1-3H3,(H2,22,23,24). The molecule has 29 heavy (non-hydrogen) atoms. The van der Waals surface area contributed by atoms with Gasteiger partial charge in [0.25, 0.3) is 0 Å². The molecule has 0 unspecified atom stereocenters. The van der Waals surface area contributed by atoms with E-state index in [4.69, 9.17) is 4.74 Å². The van der Waals surface area contributed by atoms with Gasteiger partial charge in [-0.15, -0.1) is 0 Å². The van der Waals surface area contributed by atoms with Crippen LogP contribution in [0.5, 0.6) is 5.75 Å². The molecule has 0 saturated heterocycles. The van der Waals surface area contributed by atoms with Gasteiger partial charge >= 0.3 is 0 Å². The second-order valence-electron chi connectivity index (χ2n) is 6.71. The van der Waals surface area contributed by atoms with E-state index in [0.29, 0.717) is 32.1 Å². The summed E-state index contributed by atoms with van der Waals surface area (Å²) in [6, 6.07) is 14.3. The van der Waals surface area contributed by atoms with E-state index in [1.54, 1.807) is 21.0 Å². The van der Waals surface area contributed by atoms with E-state index < -0.39 is 10.0 Å². The number of guanidine groups is 1. The molecule has 0 amide bonds. The van der Waals surface area contributed by atoms with Crippen LogP contribution in [0, 0.1) is 0 Å². The highest BCUT2D eigenvalue weighted by Gasteiger charge is 2.13. The van der Waals surface area contributed by atoms with Crippen LogP contribution in [-0.4, -0.2) is 64.8 Å². The molecule has 2 aromatic rings. The van der Waals surface area contributed by atoms with Crippen molar-refractivity contribution in [1.29, 1.82) is 0 Å². The van der Waals surface area contributed by atoms with Crippen LogP contribution < -0.4 is 15.4 Å². The first-order valence-corrected chi connectivity index (χ1v) is 11.6. The van der Waals surface area contributed by atoms with Crippen LogP contribution >= 0.6 is 0 Å². The number of aliphatic imine (C=N–C) groups is 1. The third kappa shape index (κ3) is 7.55. The lowest BCUT2D eigenvalue weighted by Gasteiger charge is -2.17. The molecule has 0 aliphatic rings. The molecular formula is C21H32N4O3S. The van der Waals surface area contributed by atoms with E-state index in [-0.39, 0.29) is 5.75 Å². The molecule has 0 bridgehead atoms. The molecule has 2 N–H and O–H groups in total. The zero-order chi connectivity index (χ0) is 21.1. The molecule has 0 spiro atoms. The number of rotatable bonds is 11. The van der Waals surface area contributed by atoms with E-state index in [9.17, 15) is 8.42 Å². The predicted octanol–water partition coefficient (Wildman–Crippen LogP) is 2.45. The van der Waals surface area contributed by atoms with Gasteiger partial charge in [0.15, 0.2) is 5.96 Å². The molecule has 0 aliphatic carbocycles. The molecule has 0 atom stereocenters. The van der Waals surface area contributed by atoms with Crippen molar-refractivity contribution in [3.63, 3.8) is 0 Å². The van der Waals surface area contributed by atoms with Crippen LogP contribution in [0.4, 0.5) is 0 Å². The highest BCUT2D eigenvalue weighted by Crippen LogP contribution is 2.20. The molecule has 0 aromatic heterocycles. The molecule has 2 rings (SSSR count). The van der Waals surface area contributed by atoms with Crippen LogP contribution in [0.1, 0.15) is 19.8 Å². The number of nitrogens with zero attached hydrogens (tertiary/aromatic N) is 2. The van der Waals surface area contributed by atoms with Crippen molar-refractivity contribution in [2.24, 2.45) is 4.99 Å². The van der Waals surface area contributed by atoms with Gasteiger partial charge in [-0.25, -0.2) is 12.7 Å². The monoisotopic (exact) mass is 420 g/mol. The summed E-state index contributed by atoms with van der Waals surface area (Å²) < 4.78 is 30.7. The van der Waals surface area contributed by atoms with Gasteiger partial charge in [0.1, 0.15) is 5.75 Å². The number of nitrogens with one attached hydrogen (secondary N) is 2. The summed E-state index contributed by atoms with van der Waals surface area (Å²) in [6.07, 6.45) is 1.55. The van der Waals surface area contributed by atoms with Crippen molar-refractivity contribution < 1.29 is 13.2 Å². The summed E-state index contributed by atoms with van der Waals surface area (Å²) in [4.78, 5) is 4.18. The minimum Gasteiger partial charge on any atom is -0.494 e. The zero-order valence-corrected chi connectivity index (χ0v) is 18.3. The lowest BCUT2D eigenvalue weighted by atomic mass is 10.1. The van der Waals surface area contributed by atoms with Crippen molar-refractivity contribution >= 4 is 26.8 Å². The number of hydrogen-bond donors (Lipinski definition) is 2. The number of ether oxygens (including phenoxy) is 1. The summed E-state index contributed by atoms with van der Waals surface area (Å²) >= 11 is 0. The molecule has 7 nitrogen and oxygen atoms in total. The van der Waals surface area contributed by atoms with Gasteiger partial charge in [-0.2, -0.15) is 0 Å². The Labute approximate surface area is 174 Å². The molecule has 8 heteroatoms. The van der Waals surface area contributed by atoms with Gasteiger partial charge in [0.2, 0.25) is 10.0 Å². The van der Waals surface area contributed by atoms with Gasteiger partial charge in [0.05, 0.1) is 12.4 Å². The minimum atomic E-state index is -3.11. The first-order valence-electron chi connectivity index (χ1n) is 9.96. The smallest absolute Gasteiger partial charge is 0.213 e. The van der Waals surface area contributed by atoms with Gasteiger partial charge in [-0.1, -0.05) is 30.3 Å². The molecule has 0 heterocycles. The maximum atomic E-state index is 11.7. The summed E-state index contributed by atoms with van der Waals surface area (Å²) in [5.41, 5.74) is 0. The molecule has 2 aromatic carbocycles. The van der Waals surface area contributed by atoms with Crippen LogP contribution in [-0.2, 0) is 10.0 Å². The predicted molar refractivity (Wildman–Crippen MR) is 120 cm³/mol. The molecule has 0 aliphatic heterocycles. The average molecular weight is 421 g/mol. The summed E-state index contributed by atoms with van der Waals surface area (Å²) in [7, 11) is 0.215. The minimum absolute atomic E-state index is 0.126. The van der Waals surface area contributed by atoms with Gasteiger partial charge < -0.3 is 15.4 Å². The van der Waals surface area contributed by atoms with Crippen molar-refractivity contribution in [1.82, 2.24) is 14.9 Å². The number of fused-ring (bicyclic) bond motifs is 1. The summed E-state index contributed by atoms with van der Waals surface area (Å²) in [5.74, 6) is 1.70. The lowest BCUT2D eigenvalue weighted by molar-refractivity contribution is 0.311. The number of benzene rings is 2. The third-order valence-corrected chi connectivity index (χ3v) is 6.47. The maximum absolute atomic E-state index is 11.7. The highest BCUT2D eigenvalue weighted by atomic mass is 32.2. The average Bonchev–Trinajstić information content (AvgIpc) is 2.74. The van der Waals surface area contributed by atoms with Crippen molar-refractivity contribution in [3.05, 3.63) is 42.5 Å². The van der Waals surface area contributed by atoms with E-state index >= 15 is 0 Å². The van der Waals surface area contributed by atoms with Crippen molar-refractivity contribution in [2.45, 2.75) is 19.8 Å². The largest absolute Gasteiger partial charge is 0.494 e. The Balaban J connectivity index is 1.61. The zero-order valence-electron chi connectivity index (χ0n) is 17.5. The normalized spacial score (nSPS) is 12.3. The van der Waals surface area contributed by atoms with Crippen molar-refractivity contribution in [2.75, 3.05) is 46.1 Å². The van der Waals surface area contributed by atoms with E-state index in [0.717, 1.165) is 18.7 Å². The fourth-order valence-corrected chi connectivity index (χ4v) is 3.66. The Bertz CT molecular complexity index is 900. The molecule has 160 valence electrons. The second kappa shape index (κ2) is 11.6. The molecule has 0 fully saturated rings. The topological polar surface area (TPSA) is 83.0 Å². The van der Waals surface area contributed by atoms with Crippen LogP contribution in [0.2, 0.25) is 0 Å². The van der Waals surface area contributed by atoms with Crippen molar-refractivity contribution in [3.8, 4) is 5.75 Å². The Hall–Kier alpha value is -2.32. The Morgan fingerprint density at radius 3 is 2.45 bits per heavy atom. The number of hydrogen-bond acceptors (Lipinski definition) is 4. The Morgan fingerprint density at radius 1 is 1.07 bits per heavy atom. The Kier molecular flexibility index (Phi) is 9.21. The van der Waals surface area contributed by atoms with E-state index in [2.05, 4.69) is 39.9 Å². The van der Waals surface area contributed by atoms with Gasteiger partial charge in [-0.3, -0.25) is 4.99 Å². The molecule has 0 saturated carbocycles. The quantitative estimate of drug-likeness (QED) is 0.331.